The number of carbonyl (C=O) groups is 2. The van der Waals surface area contributed by atoms with Gasteiger partial charge < -0.3 is 20.7 Å². The van der Waals surface area contributed by atoms with Gasteiger partial charge in [0.1, 0.15) is 0 Å². The highest BCUT2D eigenvalue weighted by Crippen LogP contribution is 2.16. The molecule has 0 aromatic carbocycles. The highest BCUT2D eigenvalue weighted by molar-refractivity contribution is 5.83. The number of piperazine rings is 1. The van der Waals surface area contributed by atoms with Gasteiger partial charge in [-0.25, -0.2) is 4.79 Å². The van der Waals surface area contributed by atoms with Crippen LogP contribution in [0.15, 0.2) is 0 Å². The SMILES string of the molecule is CC(C)(C(N)=O)N1CCN(C(=O)NCC2CCCO2)CC1. The van der Waals surface area contributed by atoms with Crippen molar-refractivity contribution in [1.82, 2.24) is 15.1 Å². The quantitative estimate of drug-likeness (QED) is 0.749. The maximum Gasteiger partial charge on any atom is 0.317 e. The summed E-state index contributed by atoms with van der Waals surface area (Å²) in [7, 11) is 0. The van der Waals surface area contributed by atoms with Crippen molar-refractivity contribution in [3.05, 3.63) is 0 Å². The number of nitrogens with two attached hydrogens (primary N) is 1. The third-order valence-electron chi connectivity index (χ3n) is 4.47. The van der Waals surface area contributed by atoms with Gasteiger partial charge >= 0.3 is 6.03 Å². The lowest BCUT2D eigenvalue weighted by atomic mass is 10.0. The highest BCUT2D eigenvalue weighted by atomic mass is 16.5. The molecule has 21 heavy (non-hydrogen) atoms. The number of hydrogen-bond acceptors (Lipinski definition) is 4. The monoisotopic (exact) mass is 298 g/mol. The lowest BCUT2D eigenvalue weighted by Crippen LogP contribution is -2.61. The van der Waals surface area contributed by atoms with Crippen LogP contribution in [0.5, 0.6) is 0 Å². The van der Waals surface area contributed by atoms with Crippen LogP contribution in [0.3, 0.4) is 0 Å². The first-order valence-electron chi connectivity index (χ1n) is 7.60. The van der Waals surface area contributed by atoms with Crippen LogP contribution < -0.4 is 11.1 Å². The van der Waals surface area contributed by atoms with Crippen molar-refractivity contribution in [3.63, 3.8) is 0 Å². The molecule has 0 aromatic heterocycles. The highest BCUT2D eigenvalue weighted by Gasteiger charge is 2.35. The number of carbonyl (C=O) groups excluding carboxylic acids is 2. The smallest absolute Gasteiger partial charge is 0.317 e. The first kappa shape index (κ1) is 16.0. The summed E-state index contributed by atoms with van der Waals surface area (Å²) in [6.45, 7) is 7.53. The molecule has 2 aliphatic rings. The molecule has 0 bridgehead atoms. The molecule has 7 heteroatoms. The molecular formula is C14H26N4O3. The number of ether oxygens (including phenoxy) is 1. The Labute approximate surface area is 125 Å². The van der Waals surface area contributed by atoms with Gasteiger partial charge in [-0.05, 0) is 26.7 Å². The van der Waals surface area contributed by atoms with Crippen molar-refractivity contribution in [2.24, 2.45) is 5.73 Å². The minimum atomic E-state index is -0.666. The van der Waals surface area contributed by atoms with E-state index >= 15 is 0 Å². The zero-order valence-corrected chi connectivity index (χ0v) is 12.9. The molecule has 120 valence electrons. The second-order valence-electron chi connectivity index (χ2n) is 6.22. The topological polar surface area (TPSA) is 87.9 Å². The molecular weight excluding hydrogens is 272 g/mol. The van der Waals surface area contributed by atoms with Gasteiger partial charge in [0.15, 0.2) is 0 Å². The molecule has 0 aliphatic carbocycles. The Morgan fingerprint density at radius 1 is 1.29 bits per heavy atom. The number of nitrogens with one attached hydrogen (secondary N) is 1. The van der Waals surface area contributed by atoms with Gasteiger partial charge in [0.25, 0.3) is 0 Å². The fraction of sp³-hybridized carbons (Fsp3) is 0.857. The second kappa shape index (κ2) is 6.62. The summed E-state index contributed by atoms with van der Waals surface area (Å²) in [5.41, 5.74) is 4.76. The van der Waals surface area contributed by atoms with Gasteiger partial charge in [0.05, 0.1) is 11.6 Å². The molecule has 2 aliphatic heterocycles. The largest absolute Gasteiger partial charge is 0.376 e. The normalized spacial score (nSPS) is 24.1. The number of urea groups is 1. The van der Waals surface area contributed by atoms with E-state index in [1.54, 1.807) is 4.90 Å². The molecule has 2 saturated heterocycles. The van der Waals surface area contributed by atoms with Crippen LogP contribution in [-0.4, -0.2) is 72.7 Å². The predicted octanol–water partition coefficient (Wildman–Crippen LogP) is -0.243. The summed E-state index contributed by atoms with van der Waals surface area (Å²) in [6, 6.07) is -0.0537. The Morgan fingerprint density at radius 2 is 1.95 bits per heavy atom. The van der Waals surface area contributed by atoms with E-state index in [9.17, 15) is 9.59 Å². The summed E-state index contributed by atoms with van der Waals surface area (Å²) in [5.74, 6) is -0.334. The first-order valence-corrected chi connectivity index (χ1v) is 7.60. The molecule has 0 saturated carbocycles. The molecule has 2 fully saturated rings. The molecule has 1 atom stereocenters. The maximum atomic E-state index is 12.1. The molecule has 2 heterocycles. The zero-order chi connectivity index (χ0) is 15.5. The van der Waals surface area contributed by atoms with E-state index in [2.05, 4.69) is 5.32 Å². The molecule has 1 unspecified atom stereocenters. The summed E-state index contributed by atoms with van der Waals surface area (Å²) in [4.78, 5) is 27.4. The Bertz CT molecular complexity index is 386. The Kier molecular flexibility index (Phi) is 5.05. The molecule has 2 rings (SSSR count). The van der Waals surface area contributed by atoms with E-state index in [0.717, 1.165) is 19.4 Å². The van der Waals surface area contributed by atoms with E-state index in [4.69, 9.17) is 10.5 Å². The maximum absolute atomic E-state index is 12.1. The van der Waals surface area contributed by atoms with Crippen molar-refractivity contribution < 1.29 is 14.3 Å². The van der Waals surface area contributed by atoms with Crippen molar-refractivity contribution in [2.45, 2.75) is 38.3 Å². The molecule has 3 N–H and O–H groups in total. The Morgan fingerprint density at radius 3 is 2.48 bits per heavy atom. The van der Waals surface area contributed by atoms with E-state index in [1.807, 2.05) is 18.7 Å². The lowest BCUT2D eigenvalue weighted by Gasteiger charge is -2.42. The van der Waals surface area contributed by atoms with E-state index in [1.165, 1.54) is 0 Å². The third-order valence-corrected chi connectivity index (χ3v) is 4.47. The van der Waals surface area contributed by atoms with Gasteiger partial charge in [-0.1, -0.05) is 0 Å². The lowest BCUT2D eigenvalue weighted by molar-refractivity contribution is -0.129. The minimum absolute atomic E-state index is 0.0537. The van der Waals surface area contributed by atoms with Gasteiger partial charge in [-0.2, -0.15) is 0 Å². The van der Waals surface area contributed by atoms with E-state index in [0.29, 0.717) is 32.7 Å². The average Bonchev–Trinajstić information content (AvgIpc) is 2.98. The first-order chi connectivity index (χ1) is 9.91. The molecule has 0 spiro atoms. The third kappa shape index (κ3) is 3.85. The van der Waals surface area contributed by atoms with Crippen LogP contribution in [0.4, 0.5) is 4.79 Å². The predicted molar refractivity (Wildman–Crippen MR) is 78.8 cm³/mol. The average molecular weight is 298 g/mol. The second-order valence-corrected chi connectivity index (χ2v) is 6.22. The Balaban J connectivity index is 1.75. The number of nitrogens with zero attached hydrogens (tertiary/aromatic N) is 2. The number of amides is 3. The van der Waals surface area contributed by atoms with E-state index in [-0.39, 0.29) is 18.0 Å². The standard InChI is InChI=1S/C14H26N4O3/c1-14(2,12(15)19)18-7-5-17(6-8-18)13(20)16-10-11-4-3-9-21-11/h11H,3-10H2,1-2H3,(H2,15,19)(H,16,20). The molecule has 0 aromatic rings. The van der Waals surface area contributed by atoms with Crippen molar-refractivity contribution in [2.75, 3.05) is 39.3 Å². The van der Waals surface area contributed by atoms with Gasteiger partial charge in [-0.3, -0.25) is 9.69 Å². The fourth-order valence-electron chi connectivity index (χ4n) is 2.74. The van der Waals surface area contributed by atoms with Crippen LogP contribution in [0.25, 0.3) is 0 Å². The number of hydrogen-bond donors (Lipinski definition) is 2. The Hall–Kier alpha value is -1.34. The summed E-state index contributed by atoms with van der Waals surface area (Å²) >= 11 is 0. The number of primary amides is 1. The van der Waals surface area contributed by atoms with E-state index < -0.39 is 5.54 Å². The van der Waals surface area contributed by atoms with Gasteiger partial charge in [-0.15, -0.1) is 0 Å². The molecule has 3 amide bonds. The fourth-order valence-corrected chi connectivity index (χ4v) is 2.74. The van der Waals surface area contributed by atoms with Crippen LogP contribution in [-0.2, 0) is 9.53 Å². The summed E-state index contributed by atoms with van der Waals surface area (Å²) < 4.78 is 5.49. The van der Waals surface area contributed by atoms with Crippen molar-refractivity contribution >= 4 is 11.9 Å². The molecule has 0 radical (unpaired) electrons. The number of rotatable bonds is 4. The van der Waals surface area contributed by atoms with Gasteiger partial charge in [0.2, 0.25) is 5.91 Å². The van der Waals surface area contributed by atoms with Crippen LogP contribution in [0, 0.1) is 0 Å². The van der Waals surface area contributed by atoms with Crippen LogP contribution >= 0.6 is 0 Å². The summed E-state index contributed by atoms with van der Waals surface area (Å²) in [5, 5.41) is 2.92. The van der Waals surface area contributed by atoms with Crippen molar-refractivity contribution in [1.29, 1.82) is 0 Å². The zero-order valence-electron chi connectivity index (χ0n) is 12.9. The minimum Gasteiger partial charge on any atom is -0.376 e. The van der Waals surface area contributed by atoms with Crippen molar-refractivity contribution in [3.8, 4) is 0 Å². The van der Waals surface area contributed by atoms with Gasteiger partial charge in [0, 0.05) is 39.3 Å². The van der Waals surface area contributed by atoms with Crippen LogP contribution in [0.2, 0.25) is 0 Å². The summed E-state index contributed by atoms with van der Waals surface area (Å²) in [6.07, 6.45) is 2.24. The molecule has 7 nitrogen and oxygen atoms in total. The van der Waals surface area contributed by atoms with Crippen LogP contribution in [0.1, 0.15) is 26.7 Å².